The molecular formula is C19H29N5O4. The van der Waals surface area contributed by atoms with Crippen LogP contribution in [0.1, 0.15) is 55.3 Å². The Hall–Kier alpha value is -3.10. The molecule has 0 aromatic heterocycles. The van der Waals surface area contributed by atoms with Crippen LogP contribution >= 0.6 is 0 Å². The van der Waals surface area contributed by atoms with Crippen molar-refractivity contribution in [2.24, 2.45) is 5.73 Å². The van der Waals surface area contributed by atoms with Gasteiger partial charge in [0.25, 0.3) is 5.91 Å². The molecule has 9 heteroatoms. The molecule has 154 valence electrons. The Morgan fingerprint density at radius 2 is 1.68 bits per heavy atom. The normalized spacial score (nSPS) is 10.1. The van der Waals surface area contributed by atoms with E-state index in [9.17, 15) is 14.4 Å². The number of carboxylic acids is 1. The van der Waals surface area contributed by atoms with E-state index in [1.54, 1.807) is 24.3 Å². The predicted octanol–water partition coefficient (Wildman–Crippen LogP) is 1.65. The minimum Gasteiger partial charge on any atom is -0.481 e. The summed E-state index contributed by atoms with van der Waals surface area (Å²) in [4.78, 5) is 34.5. The number of rotatable bonds is 13. The lowest BCUT2D eigenvalue weighted by atomic mass is 10.1. The van der Waals surface area contributed by atoms with Gasteiger partial charge in [-0.05, 0) is 31.0 Å². The van der Waals surface area contributed by atoms with Gasteiger partial charge in [-0.25, -0.2) is 0 Å². The Balaban J connectivity index is 2.26. The number of nitrogens with two attached hydrogens (primary N) is 1. The number of carbonyl (C=O) groups excluding carboxylic acids is 2. The second-order valence-corrected chi connectivity index (χ2v) is 6.39. The maximum atomic E-state index is 12.0. The Morgan fingerprint density at radius 1 is 0.964 bits per heavy atom. The van der Waals surface area contributed by atoms with Gasteiger partial charge in [-0.1, -0.05) is 25.3 Å². The molecule has 0 fully saturated rings. The largest absolute Gasteiger partial charge is 0.481 e. The summed E-state index contributed by atoms with van der Waals surface area (Å²) in [6.45, 7) is 0.742. The minimum atomic E-state index is -0.978. The SMILES string of the molecule is N=C(N)NCCCCCCCC(=O)Nc1cccc(C(=O)NCCC(=O)O)c1. The van der Waals surface area contributed by atoms with Gasteiger partial charge in [0.05, 0.1) is 6.42 Å². The quantitative estimate of drug-likeness (QED) is 0.170. The summed E-state index contributed by atoms with van der Waals surface area (Å²) >= 11 is 0. The van der Waals surface area contributed by atoms with E-state index in [-0.39, 0.29) is 30.7 Å². The molecule has 0 radical (unpaired) electrons. The number of hydrogen-bond acceptors (Lipinski definition) is 4. The number of guanidine groups is 1. The van der Waals surface area contributed by atoms with E-state index in [0.29, 0.717) is 24.2 Å². The number of nitrogens with one attached hydrogen (secondary N) is 4. The number of hydrogen-bond donors (Lipinski definition) is 6. The smallest absolute Gasteiger partial charge is 0.305 e. The van der Waals surface area contributed by atoms with Gasteiger partial charge in [-0.2, -0.15) is 0 Å². The van der Waals surface area contributed by atoms with Crippen molar-refractivity contribution < 1.29 is 19.5 Å². The van der Waals surface area contributed by atoms with Crippen molar-refractivity contribution in [1.29, 1.82) is 5.41 Å². The highest BCUT2D eigenvalue weighted by atomic mass is 16.4. The molecule has 0 heterocycles. The summed E-state index contributed by atoms with van der Waals surface area (Å²) in [6, 6.07) is 6.54. The first kappa shape index (κ1) is 22.9. The van der Waals surface area contributed by atoms with E-state index in [1.807, 2.05) is 0 Å². The molecule has 0 aliphatic rings. The molecular weight excluding hydrogens is 362 g/mol. The molecule has 0 atom stereocenters. The Kier molecular flexibility index (Phi) is 10.8. The van der Waals surface area contributed by atoms with Crippen LogP contribution in [-0.4, -0.2) is 41.9 Å². The molecule has 0 saturated heterocycles. The molecule has 0 spiro atoms. The monoisotopic (exact) mass is 391 g/mol. The molecule has 9 nitrogen and oxygen atoms in total. The molecule has 7 N–H and O–H groups in total. The van der Waals surface area contributed by atoms with E-state index in [2.05, 4.69) is 16.0 Å². The van der Waals surface area contributed by atoms with Crippen LogP contribution in [-0.2, 0) is 9.59 Å². The van der Waals surface area contributed by atoms with Crippen molar-refractivity contribution in [2.75, 3.05) is 18.4 Å². The lowest BCUT2D eigenvalue weighted by molar-refractivity contribution is -0.136. The van der Waals surface area contributed by atoms with Gasteiger partial charge in [0.2, 0.25) is 5.91 Å². The van der Waals surface area contributed by atoms with Gasteiger partial charge in [-0.15, -0.1) is 0 Å². The van der Waals surface area contributed by atoms with Gasteiger partial charge in [0.1, 0.15) is 0 Å². The van der Waals surface area contributed by atoms with Crippen molar-refractivity contribution in [1.82, 2.24) is 10.6 Å². The van der Waals surface area contributed by atoms with Crippen LogP contribution in [0.4, 0.5) is 5.69 Å². The van der Waals surface area contributed by atoms with Gasteiger partial charge in [-0.3, -0.25) is 19.8 Å². The molecule has 0 aliphatic carbocycles. The zero-order valence-corrected chi connectivity index (χ0v) is 15.9. The van der Waals surface area contributed by atoms with E-state index < -0.39 is 5.97 Å². The summed E-state index contributed by atoms with van der Waals surface area (Å²) in [6.07, 6.45) is 4.95. The van der Waals surface area contributed by atoms with Gasteiger partial charge >= 0.3 is 5.97 Å². The molecule has 0 saturated carbocycles. The number of unbranched alkanes of at least 4 members (excludes halogenated alkanes) is 4. The van der Waals surface area contributed by atoms with Crippen molar-refractivity contribution >= 4 is 29.4 Å². The maximum Gasteiger partial charge on any atom is 0.305 e. The topological polar surface area (TPSA) is 157 Å². The van der Waals surface area contributed by atoms with Crippen LogP contribution in [0, 0.1) is 5.41 Å². The maximum absolute atomic E-state index is 12.0. The number of carboxylic acid groups (broad SMARTS) is 1. The fraction of sp³-hybridized carbons (Fsp3) is 0.474. The molecule has 1 rings (SSSR count). The van der Waals surface area contributed by atoms with Crippen LogP contribution in [0.2, 0.25) is 0 Å². The predicted molar refractivity (Wildman–Crippen MR) is 107 cm³/mol. The van der Waals surface area contributed by atoms with Gasteiger partial charge in [0, 0.05) is 30.8 Å². The van der Waals surface area contributed by atoms with Crippen molar-refractivity contribution in [3.8, 4) is 0 Å². The average Bonchev–Trinajstić information content (AvgIpc) is 2.63. The molecule has 0 aliphatic heterocycles. The third kappa shape index (κ3) is 10.8. The van der Waals surface area contributed by atoms with Crippen molar-refractivity contribution in [2.45, 2.75) is 44.9 Å². The van der Waals surface area contributed by atoms with Crippen LogP contribution in [0.5, 0.6) is 0 Å². The summed E-state index contributed by atoms with van der Waals surface area (Å²) in [7, 11) is 0. The molecule has 2 amide bonds. The first-order valence-corrected chi connectivity index (χ1v) is 9.36. The third-order valence-corrected chi connectivity index (χ3v) is 3.93. The van der Waals surface area contributed by atoms with Gasteiger partial charge in [0.15, 0.2) is 5.96 Å². The fourth-order valence-corrected chi connectivity index (χ4v) is 2.51. The molecule has 0 bridgehead atoms. The molecule has 1 aromatic rings. The van der Waals surface area contributed by atoms with Gasteiger partial charge < -0.3 is 26.8 Å². The highest BCUT2D eigenvalue weighted by molar-refractivity contribution is 5.97. The number of anilines is 1. The summed E-state index contributed by atoms with van der Waals surface area (Å²) in [5, 5.41) is 23.7. The summed E-state index contributed by atoms with van der Waals surface area (Å²) in [5.41, 5.74) is 6.09. The highest BCUT2D eigenvalue weighted by Crippen LogP contribution is 2.12. The second kappa shape index (κ2) is 13.1. The number of aliphatic carboxylic acids is 1. The van der Waals surface area contributed by atoms with E-state index in [0.717, 1.165) is 32.1 Å². The lowest BCUT2D eigenvalue weighted by Gasteiger charge is -2.08. The average molecular weight is 391 g/mol. The standard InChI is InChI=1S/C19H29N5O4/c20-19(21)23-11-5-3-1-2-4-9-16(25)24-15-8-6-7-14(13-15)18(28)22-12-10-17(26)27/h6-8,13H,1-5,9-12H2,(H,22,28)(H,24,25)(H,26,27)(H4,20,21,23). The zero-order chi connectivity index (χ0) is 20.8. The van der Waals surface area contributed by atoms with Crippen LogP contribution in [0.25, 0.3) is 0 Å². The van der Waals surface area contributed by atoms with Crippen LogP contribution in [0.15, 0.2) is 24.3 Å². The third-order valence-electron chi connectivity index (χ3n) is 3.93. The van der Waals surface area contributed by atoms with Crippen LogP contribution in [0.3, 0.4) is 0 Å². The molecule has 0 unspecified atom stereocenters. The summed E-state index contributed by atoms with van der Waals surface area (Å²) in [5.74, 6) is -1.48. The first-order valence-electron chi connectivity index (χ1n) is 9.36. The molecule has 1 aromatic carbocycles. The van der Waals surface area contributed by atoms with Crippen molar-refractivity contribution in [3.05, 3.63) is 29.8 Å². The van der Waals surface area contributed by atoms with Crippen molar-refractivity contribution in [3.63, 3.8) is 0 Å². The molecule has 28 heavy (non-hydrogen) atoms. The Morgan fingerprint density at radius 3 is 2.39 bits per heavy atom. The number of benzene rings is 1. The highest BCUT2D eigenvalue weighted by Gasteiger charge is 2.08. The number of amides is 2. The van der Waals surface area contributed by atoms with E-state index in [4.69, 9.17) is 16.2 Å². The first-order chi connectivity index (χ1) is 13.4. The van der Waals surface area contributed by atoms with E-state index >= 15 is 0 Å². The fourth-order valence-electron chi connectivity index (χ4n) is 2.51. The zero-order valence-electron chi connectivity index (χ0n) is 15.9. The number of carbonyl (C=O) groups is 3. The summed E-state index contributed by atoms with van der Waals surface area (Å²) < 4.78 is 0. The van der Waals surface area contributed by atoms with E-state index in [1.165, 1.54) is 0 Å². The lowest BCUT2D eigenvalue weighted by Crippen LogP contribution is -2.30. The Bertz CT molecular complexity index is 678. The van der Waals surface area contributed by atoms with Crippen LogP contribution < -0.4 is 21.7 Å². The Labute approximate surface area is 164 Å². The second-order valence-electron chi connectivity index (χ2n) is 6.39. The minimum absolute atomic E-state index is 0.0153.